The lowest BCUT2D eigenvalue weighted by atomic mass is 10.1. The normalized spacial score (nSPS) is 18.4. The Balaban J connectivity index is 1.83. The van der Waals surface area contributed by atoms with Crippen LogP contribution in [0.15, 0.2) is 30.3 Å². The van der Waals surface area contributed by atoms with E-state index >= 15 is 0 Å². The fourth-order valence-corrected chi connectivity index (χ4v) is 2.19. The zero-order chi connectivity index (χ0) is 11.2. The van der Waals surface area contributed by atoms with E-state index in [9.17, 15) is 4.79 Å². The van der Waals surface area contributed by atoms with Crippen molar-refractivity contribution in [1.29, 1.82) is 0 Å². The molecule has 0 aromatic heterocycles. The number of benzene rings is 1. The average molecular weight is 217 g/mol. The third kappa shape index (κ3) is 3.46. The van der Waals surface area contributed by atoms with Crippen molar-refractivity contribution in [3.8, 4) is 0 Å². The Morgan fingerprint density at radius 3 is 2.75 bits per heavy atom. The topological polar surface area (TPSA) is 20.3 Å². The predicted molar refractivity (Wildman–Crippen MR) is 65.4 cm³/mol. The highest BCUT2D eigenvalue weighted by molar-refractivity contribution is 5.80. The second-order valence-electron chi connectivity index (χ2n) is 4.51. The lowest BCUT2D eigenvalue weighted by Gasteiger charge is -2.18. The maximum atomic E-state index is 11.5. The van der Waals surface area contributed by atoms with Crippen molar-refractivity contribution in [3.05, 3.63) is 35.9 Å². The average Bonchev–Trinajstić information content (AvgIpc) is 2.52. The molecular formula is C14H19NO. The van der Waals surface area contributed by atoms with Crippen LogP contribution in [-0.2, 0) is 11.2 Å². The summed E-state index contributed by atoms with van der Waals surface area (Å²) in [5.41, 5.74) is 1.36. The summed E-state index contributed by atoms with van der Waals surface area (Å²) in [6.45, 7) is 2.75. The van der Waals surface area contributed by atoms with Crippen molar-refractivity contribution in [3.63, 3.8) is 0 Å². The smallest absolute Gasteiger partial charge is 0.146 e. The van der Waals surface area contributed by atoms with Gasteiger partial charge in [0.1, 0.15) is 5.78 Å². The van der Waals surface area contributed by atoms with E-state index < -0.39 is 0 Å². The number of carbonyl (C=O) groups is 1. The van der Waals surface area contributed by atoms with Gasteiger partial charge in [-0.15, -0.1) is 0 Å². The lowest BCUT2D eigenvalue weighted by Crippen LogP contribution is -2.30. The van der Waals surface area contributed by atoms with Crippen molar-refractivity contribution in [2.75, 3.05) is 19.6 Å². The fraction of sp³-hybridized carbons (Fsp3) is 0.500. The minimum atomic E-state index is 0.408. The number of Topliss-reactive ketones (excluding diaryl/α,β-unsaturated/α-hetero) is 1. The molecule has 1 fully saturated rings. The van der Waals surface area contributed by atoms with Crippen LogP contribution in [0.4, 0.5) is 0 Å². The molecule has 0 aliphatic carbocycles. The van der Waals surface area contributed by atoms with Crippen LogP contribution in [-0.4, -0.2) is 30.3 Å². The highest BCUT2D eigenvalue weighted by Crippen LogP contribution is 2.08. The van der Waals surface area contributed by atoms with Gasteiger partial charge in [-0.3, -0.25) is 9.69 Å². The van der Waals surface area contributed by atoms with Crippen molar-refractivity contribution in [2.24, 2.45) is 0 Å². The van der Waals surface area contributed by atoms with Gasteiger partial charge in [0, 0.05) is 13.0 Å². The van der Waals surface area contributed by atoms with Gasteiger partial charge in [-0.05, 0) is 31.4 Å². The minimum absolute atomic E-state index is 0.408. The lowest BCUT2D eigenvalue weighted by molar-refractivity contribution is -0.119. The van der Waals surface area contributed by atoms with Gasteiger partial charge < -0.3 is 0 Å². The van der Waals surface area contributed by atoms with E-state index in [2.05, 4.69) is 29.2 Å². The maximum Gasteiger partial charge on any atom is 0.146 e. The van der Waals surface area contributed by atoms with Gasteiger partial charge >= 0.3 is 0 Å². The van der Waals surface area contributed by atoms with Gasteiger partial charge in [0.15, 0.2) is 0 Å². The molecule has 0 amide bonds. The molecule has 1 aromatic carbocycles. The fourth-order valence-electron chi connectivity index (χ4n) is 2.19. The first-order valence-corrected chi connectivity index (χ1v) is 6.12. The monoisotopic (exact) mass is 217 g/mol. The number of hydrogen-bond donors (Lipinski definition) is 0. The SMILES string of the molecule is O=C1CCCCN(CCc2ccccc2)C1. The first-order chi connectivity index (χ1) is 7.84. The number of hydrogen-bond acceptors (Lipinski definition) is 2. The number of likely N-dealkylation sites (tertiary alicyclic amines) is 1. The molecule has 2 rings (SSSR count). The van der Waals surface area contributed by atoms with E-state index in [1.807, 2.05) is 6.07 Å². The van der Waals surface area contributed by atoms with Gasteiger partial charge in [0.2, 0.25) is 0 Å². The zero-order valence-corrected chi connectivity index (χ0v) is 9.69. The second-order valence-corrected chi connectivity index (χ2v) is 4.51. The molecule has 2 heteroatoms. The Morgan fingerprint density at radius 1 is 1.12 bits per heavy atom. The number of ketones is 1. The van der Waals surface area contributed by atoms with Crippen molar-refractivity contribution >= 4 is 5.78 Å². The van der Waals surface area contributed by atoms with E-state index in [1.165, 1.54) is 12.0 Å². The predicted octanol–water partition coefficient (Wildman–Crippen LogP) is 2.28. The summed E-state index contributed by atoms with van der Waals surface area (Å²) >= 11 is 0. The third-order valence-corrected chi connectivity index (χ3v) is 3.14. The molecule has 0 atom stereocenters. The summed E-state index contributed by atoms with van der Waals surface area (Å²) in [5.74, 6) is 0.408. The number of nitrogens with zero attached hydrogens (tertiary/aromatic N) is 1. The molecule has 1 heterocycles. The van der Waals surface area contributed by atoms with Crippen molar-refractivity contribution in [1.82, 2.24) is 4.90 Å². The van der Waals surface area contributed by atoms with Crippen LogP contribution in [0, 0.1) is 0 Å². The van der Waals surface area contributed by atoms with Crippen LogP contribution >= 0.6 is 0 Å². The highest BCUT2D eigenvalue weighted by atomic mass is 16.1. The van der Waals surface area contributed by atoms with Gasteiger partial charge in [-0.1, -0.05) is 30.3 Å². The molecule has 0 saturated carbocycles. The summed E-state index contributed by atoms with van der Waals surface area (Å²) in [5, 5.41) is 0. The molecule has 0 spiro atoms. The van der Waals surface area contributed by atoms with Crippen molar-refractivity contribution in [2.45, 2.75) is 25.7 Å². The molecule has 16 heavy (non-hydrogen) atoms. The Morgan fingerprint density at radius 2 is 1.94 bits per heavy atom. The molecule has 1 aromatic rings. The molecular weight excluding hydrogens is 198 g/mol. The van der Waals surface area contributed by atoms with E-state index in [1.54, 1.807) is 0 Å². The standard InChI is InChI=1S/C14H19NO/c16-14-8-4-5-10-15(12-14)11-9-13-6-2-1-3-7-13/h1-3,6-7H,4-5,8-12H2. The largest absolute Gasteiger partial charge is 0.298 e. The summed E-state index contributed by atoms with van der Waals surface area (Å²) < 4.78 is 0. The van der Waals surface area contributed by atoms with Crippen LogP contribution < -0.4 is 0 Å². The second kappa shape index (κ2) is 5.80. The zero-order valence-electron chi connectivity index (χ0n) is 9.69. The number of carbonyl (C=O) groups excluding carboxylic acids is 1. The first-order valence-electron chi connectivity index (χ1n) is 6.12. The van der Waals surface area contributed by atoms with Crippen LogP contribution in [0.5, 0.6) is 0 Å². The van der Waals surface area contributed by atoms with Crippen LogP contribution in [0.25, 0.3) is 0 Å². The summed E-state index contributed by atoms with van der Waals surface area (Å²) in [4.78, 5) is 13.8. The molecule has 1 aliphatic rings. The molecule has 1 aliphatic heterocycles. The quantitative estimate of drug-likeness (QED) is 0.774. The van der Waals surface area contributed by atoms with E-state index in [4.69, 9.17) is 0 Å². The van der Waals surface area contributed by atoms with Crippen LogP contribution in [0.1, 0.15) is 24.8 Å². The summed E-state index contributed by atoms with van der Waals surface area (Å²) in [6, 6.07) is 10.5. The molecule has 0 bridgehead atoms. The Bertz CT molecular complexity index is 334. The van der Waals surface area contributed by atoms with Crippen LogP contribution in [0.2, 0.25) is 0 Å². The van der Waals surface area contributed by atoms with E-state index in [-0.39, 0.29) is 0 Å². The van der Waals surface area contributed by atoms with Crippen LogP contribution in [0.3, 0.4) is 0 Å². The molecule has 2 nitrogen and oxygen atoms in total. The Labute approximate surface area is 97.3 Å². The van der Waals surface area contributed by atoms with Gasteiger partial charge in [-0.25, -0.2) is 0 Å². The van der Waals surface area contributed by atoms with Gasteiger partial charge in [0.05, 0.1) is 6.54 Å². The molecule has 0 N–H and O–H groups in total. The molecule has 0 unspecified atom stereocenters. The third-order valence-electron chi connectivity index (χ3n) is 3.14. The summed E-state index contributed by atoms with van der Waals surface area (Å²) in [6.07, 6.45) is 4.07. The molecule has 0 radical (unpaired) electrons. The van der Waals surface area contributed by atoms with E-state index in [0.717, 1.165) is 32.4 Å². The van der Waals surface area contributed by atoms with Crippen molar-refractivity contribution < 1.29 is 4.79 Å². The molecule has 86 valence electrons. The highest BCUT2D eigenvalue weighted by Gasteiger charge is 2.14. The molecule has 1 saturated heterocycles. The maximum absolute atomic E-state index is 11.5. The van der Waals surface area contributed by atoms with Gasteiger partial charge in [-0.2, -0.15) is 0 Å². The van der Waals surface area contributed by atoms with E-state index in [0.29, 0.717) is 12.3 Å². The Hall–Kier alpha value is -1.15. The first kappa shape index (κ1) is 11.3. The minimum Gasteiger partial charge on any atom is -0.298 e. The summed E-state index contributed by atoms with van der Waals surface area (Å²) in [7, 11) is 0. The van der Waals surface area contributed by atoms with Gasteiger partial charge in [0.25, 0.3) is 0 Å². The number of rotatable bonds is 3. The Kier molecular flexibility index (Phi) is 4.11.